The molecule has 5 heteroatoms. The summed E-state index contributed by atoms with van der Waals surface area (Å²) in [5.41, 5.74) is -0.203. The molecule has 0 aromatic carbocycles. The second kappa shape index (κ2) is 3.70. The molecule has 15 heavy (non-hydrogen) atoms. The number of nitrogens with one attached hydrogen (secondary N) is 2. The van der Waals surface area contributed by atoms with Crippen molar-refractivity contribution in [3.8, 4) is 0 Å². The molecule has 0 aliphatic heterocycles. The number of aromatic nitrogens is 3. The van der Waals surface area contributed by atoms with Crippen LogP contribution in [0.5, 0.6) is 0 Å². The minimum Gasteiger partial charge on any atom is -0.284 e. The van der Waals surface area contributed by atoms with Crippen LogP contribution in [0.4, 0.5) is 0 Å². The zero-order valence-electron chi connectivity index (χ0n) is 8.53. The average molecular weight is 225 g/mol. The van der Waals surface area contributed by atoms with Crippen molar-refractivity contribution in [1.82, 2.24) is 15.2 Å². The molecule has 82 valence electrons. The quantitative estimate of drug-likeness (QED) is 0.768. The third-order valence-electron chi connectivity index (χ3n) is 3.80. The van der Waals surface area contributed by atoms with Crippen molar-refractivity contribution in [2.75, 3.05) is 5.75 Å². The molecule has 0 amide bonds. The summed E-state index contributed by atoms with van der Waals surface area (Å²) in [4.78, 5) is 13.5. The van der Waals surface area contributed by atoms with Crippen molar-refractivity contribution in [2.45, 2.75) is 30.8 Å². The number of nitrogens with zero attached hydrogens (tertiary/aromatic N) is 1. The van der Waals surface area contributed by atoms with E-state index in [4.69, 9.17) is 0 Å². The van der Waals surface area contributed by atoms with E-state index < -0.39 is 0 Å². The Morgan fingerprint density at radius 1 is 1.40 bits per heavy atom. The fraction of sp³-hybridized carbons (Fsp3) is 0.800. The molecule has 4 nitrogen and oxygen atoms in total. The second-order valence-electron chi connectivity index (χ2n) is 4.73. The van der Waals surface area contributed by atoms with Crippen LogP contribution in [-0.2, 0) is 0 Å². The molecule has 2 N–H and O–H groups in total. The largest absolute Gasteiger partial charge is 0.341 e. The smallest absolute Gasteiger partial charge is 0.284 e. The molecular formula is C10H15N3OS. The van der Waals surface area contributed by atoms with E-state index in [0.29, 0.717) is 0 Å². The second-order valence-corrected chi connectivity index (χ2v) is 5.74. The summed E-state index contributed by atoms with van der Waals surface area (Å²) in [6, 6.07) is 0. The van der Waals surface area contributed by atoms with Gasteiger partial charge in [-0.1, -0.05) is 18.2 Å². The highest BCUT2D eigenvalue weighted by Crippen LogP contribution is 2.49. The highest BCUT2D eigenvalue weighted by atomic mass is 32.2. The van der Waals surface area contributed by atoms with Crippen LogP contribution < -0.4 is 5.69 Å². The third kappa shape index (κ3) is 1.85. The number of hydrogen-bond acceptors (Lipinski definition) is 3. The lowest BCUT2D eigenvalue weighted by atomic mass is 9.90. The first-order valence-corrected chi connectivity index (χ1v) is 6.57. The predicted molar refractivity (Wildman–Crippen MR) is 58.9 cm³/mol. The van der Waals surface area contributed by atoms with Gasteiger partial charge in [0.15, 0.2) is 5.16 Å². The Morgan fingerprint density at radius 2 is 2.33 bits per heavy atom. The molecule has 2 aliphatic rings. The van der Waals surface area contributed by atoms with Gasteiger partial charge in [-0.25, -0.2) is 9.89 Å². The van der Waals surface area contributed by atoms with Crippen LogP contribution in [0.3, 0.4) is 0 Å². The summed E-state index contributed by atoms with van der Waals surface area (Å²) < 4.78 is 0. The van der Waals surface area contributed by atoms with Gasteiger partial charge in [-0.3, -0.25) is 4.98 Å². The van der Waals surface area contributed by atoms with E-state index in [-0.39, 0.29) is 5.69 Å². The van der Waals surface area contributed by atoms with Crippen molar-refractivity contribution in [2.24, 2.45) is 17.8 Å². The van der Waals surface area contributed by atoms with E-state index >= 15 is 0 Å². The minimum atomic E-state index is -0.203. The fourth-order valence-corrected chi connectivity index (χ4v) is 4.14. The third-order valence-corrected chi connectivity index (χ3v) is 4.86. The molecular weight excluding hydrogens is 210 g/mol. The van der Waals surface area contributed by atoms with Crippen molar-refractivity contribution in [1.29, 1.82) is 0 Å². The molecule has 2 aliphatic carbocycles. The molecule has 0 saturated heterocycles. The number of fused-ring (bicyclic) bond motifs is 2. The van der Waals surface area contributed by atoms with Gasteiger partial charge < -0.3 is 0 Å². The van der Waals surface area contributed by atoms with Crippen LogP contribution >= 0.6 is 11.8 Å². The maximum Gasteiger partial charge on any atom is 0.341 e. The van der Waals surface area contributed by atoms with Gasteiger partial charge in [0.05, 0.1) is 0 Å². The standard InChI is InChI=1S/C10H15N3OS/c14-9-11-10(13-12-9)15-5-8-4-6-1-2-7(8)3-6/h6-8H,1-5H2,(H2,11,12,13,14). The number of aromatic amines is 2. The Balaban J connectivity index is 1.56. The molecule has 1 aromatic heterocycles. The SMILES string of the molecule is O=c1[nH]nc(SCC2CC3CCC2C3)[nH]1. The van der Waals surface area contributed by atoms with Gasteiger partial charge in [0.25, 0.3) is 0 Å². The summed E-state index contributed by atoms with van der Waals surface area (Å²) in [5.74, 6) is 3.92. The normalized spacial score (nSPS) is 33.7. The zero-order valence-corrected chi connectivity index (χ0v) is 9.35. The molecule has 0 spiro atoms. The first kappa shape index (κ1) is 9.51. The molecule has 3 rings (SSSR count). The predicted octanol–water partition coefficient (Wildman–Crippen LogP) is 1.63. The monoisotopic (exact) mass is 225 g/mol. The van der Waals surface area contributed by atoms with E-state index in [9.17, 15) is 4.79 Å². The first-order valence-electron chi connectivity index (χ1n) is 5.59. The lowest BCUT2D eigenvalue weighted by Crippen LogP contribution is -2.12. The van der Waals surface area contributed by atoms with Crippen LogP contribution in [-0.4, -0.2) is 20.9 Å². The Kier molecular flexibility index (Phi) is 2.35. The Labute approximate surface area is 92.2 Å². The highest BCUT2D eigenvalue weighted by Gasteiger charge is 2.39. The van der Waals surface area contributed by atoms with Crippen LogP contribution in [0.1, 0.15) is 25.7 Å². The maximum atomic E-state index is 10.8. The summed E-state index contributed by atoms with van der Waals surface area (Å²) >= 11 is 1.68. The average Bonchev–Trinajstić information content (AvgIpc) is 2.90. The lowest BCUT2D eigenvalue weighted by Gasteiger charge is -2.20. The van der Waals surface area contributed by atoms with Crippen molar-refractivity contribution >= 4 is 11.8 Å². The molecule has 2 bridgehead atoms. The van der Waals surface area contributed by atoms with Gasteiger partial charge in [-0.2, -0.15) is 0 Å². The number of rotatable bonds is 3. The van der Waals surface area contributed by atoms with Crippen LogP contribution in [0.15, 0.2) is 9.95 Å². The molecule has 2 fully saturated rings. The summed E-state index contributed by atoms with van der Waals surface area (Å²) in [5, 5.41) is 7.04. The van der Waals surface area contributed by atoms with Gasteiger partial charge in [0.2, 0.25) is 0 Å². The summed E-state index contributed by atoms with van der Waals surface area (Å²) in [6.07, 6.45) is 5.71. The van der Waals surface area contributed by atoms with Gasteiger partial charge in [0.1, 0.15) is 0 Å². The summed E-state index contributed by atoms with van der Waals surface area (Å²) in [6.45, 7) is 0. The Hall–Kier alpha value is -0.710. The maximum absolute atomic E-state index is 10.8. The fourth-order valence-electron chi connectivity index (χ4n) is 3.09. The molecule has 2 saturated carbocycles. The van der Waals surface area contributed by atoms with Crippen molar-refractivity contribution < 1.29 is 0 Å². The number of hydrogen-bond donors (Lipinski definition) is 2. The van der Waals surface area contributed by atoms with E-state index in [1.165, 1.54) is 25.7 Å². The van der Waals surface area contributed by atoms with Gasteiger partial charge in [-0.05, 0) is 37.0 Å². The van der Waals surface area contributed by atoms with Crippen LogP contribution in [0.2, 0.25) is 0 Å². The molecule has 1 heterocycles. The Bertz CT molecular complexity index is 399. The van der Waals surface area contributed by atoms with E-state index in [1.54, 1.807) is 11.8 Å². The number of thioether (sulfide) groups is 1. The van der Waals surface area contributed by atoms with Gasteiger partial charge in [-0.15, -0.1) is 5.10 Å². The van der Waals surface area contributed by atoms with Crippen LogP contribution in [0, 0.1) is 17.8 Å². The van der Waals surface area contributed by atoms with Gasteiger partial charge in [0, 0.05) is 5.75 Å². The number of H-pyrrole nitrogens is 2. The topological polar surface area (TPSA) is 61.5 Å². The van der Waals surface area contributed by atoms with E-state index in [0.717, 1.165) is 28.7 Å². The van der Waals surface area contributed by atoms with Crippen molar-refractivity contribution in [3.05, 3.63) is 10.5 Å². The zero-order chi connectivity index (χ0) is 10.3. The molecule has 3 unspecified atom stereocenters. The highest BCUT2D eigenvalue weighted by molar-refractivity contribution is 7.99. The van der Waals surface area contributed by atoms with Crippen LogP contribution in [0.25, 0.3) is 0 Å². The van der Waals surface area contributed by atoms with E-state index in [1.807, 2.05) is 0 Å². The molecule has 1 aromatic rings. The van der Waals surface area contributed by atoms with Gasteiger partial charge >= 0.3 is 5.69 Å². The minimum absolute atomic E-state index is 0.203. The molecule has 3 atom stereocenters. The Morgan fingerprint density at radius 3 is 2.93 bits per heavy atom. The van der Waals surface area contributed by atoms with E-state index in [2.05, 4.69) is 15.2 Å². The van der Waals surface area contributed by atoms with Crippen molar-refractivity contribution in [3.63, 3.8) is 0 Å². The first-order chi connectivity index (χ1) is 7.31. The molecule has 0 radical (unpaired) electrons. The lowest BCUT2D eigenvalue weighted by molar-refractivity contribution is 0.365. The summed E-state index contributed by atoms with van der Waals surface area (Å²) in [7, 11) is 0.